The van der Waals surface area contributed by atoms with Gasteiger partial charge in [-0.15, -0.1) is 18.3 Å². The predicted octanol–water partition coefficient (Wildman–Crippen LogP) is 6.46. The minimum Gasteiger partial charge on any atom is -0.489 e. The van der Waals surface area contributed by atoms with E-state index in [0.29, 0.717) is 17.9 Å². The van der Waals surface area contributed by atoms with Gasteiger partial charge in [-0.3, -0.25) is 9.67 Å². The van der Waals surface area contributed by atoms with Crippen molar-refractivity contribution in [3.8, 4) is 22.8 Å². The van der Waals surface area contributed by atoms with Crippen molar-refractivity contribution in [2.24, 2.45) is 0 Å². The number of alkyl halides is 3. The minimum atomic E-state index is -4.74. The van der Waals surface area contributed by atoms with Crippen LogP contribution in [0.2, 0.25) is 0 Å². The molecule has 188 valence electrons. The number of hydrogen-bond donors (Lipinski definition) is 0. The summed E-state index contributed by atoms with van der Waals surface area (Å²) >= 11 is 0. The van der Waals surface area contributed by atoms with Crippen molar-refractivity contribution in [1.82, 2.24) is 20.0 Å². The first-order valence-electron chi connectivity index (χ1n) is 11.7. The molecule has 4 rings (SSSR count). The maximum Gasteiger partial charge on any atom is 0.573 e. The lowest BCUT2D eigenvalue weighted by Gasteiger charge is -2.13. The highest BCUT2D eigenvalue weighted by Crippen LogP contribution is 2.28. The van der Waals surface area contributed by atoms with Crippen molar-refractivity contribution < 1.29 is 22.6 Å². The van der Waals surface area contributed by atoms with E-state index in [9.17, 15) is 13.2 Å². The van der Waals surface area contributed by atoms with E-state index < -0.39 is 6.36 Å². The lowest BCUT2D eigenvalue weighted by molar-refractivity contribution is -0.274. The van der Waals surface area contributed by atoms with Gasteiger partial charge in [-0.1, -0.05) is 35.5 Å². The molecule has 0 bridgehead atoms. The van der Waals surface area contributed by atoms with Crippen LogP contribution in [-0.2, 0) is 19.6 Å². The summed E-state index contributed by atoms with van der Waals surface area (Å²) in [6.07, 6.45) is 1.88. The number of ether oxygens (including phenoxy) is 2. The molecule has 0 aliphatic carbocycles. The first-order valence-corrected chi connectivity index (χ1v) is 11.7. The van der Waals surface area contributed by atoms with Gasteiger partial charge in [0, 0.05) is 29.6 Å². The molecule has 36 heavy (non-hydrogen) atoms. The van der Waals surface area contributed by atoms with Crippen molar-refractivity contribution in [3.63, 3.8) is 0 Å². The fourth-order valence-corrected chi connectivity index (χ4v) is 3.90. The van der Waals surface area contributed by atoms with E-state index in [-0.39, 0.29) is 5.75 Å². The van der Waals surface area contributed by atoms with Crippen molar-refractivity contribution in [1.29, 1.82) is 0 Å². The molecule has 0 unspecified atom stereocenters. The minimum absolute atomic E-state index is 0.277. The van der Waals surface area contributed by atoms with E-state index in [1.807, 2.05) is 36.9 Å². The fraction of sp³-hybridized carbons (Fsp3) is 0.296. The van der Waals surface area contributed by atoms with Gasteiger partial charge in [0.1, 0.15) is 18.1 Å². The molecule has 4 aromatic rings. The van der Waals surface area contributed by atoms with E-state index in [1.165, 1.54) is 23.8 Å². The first kappa shape index (κ1) is 25.2. The SMILES string of the molecule is Cc1cc(CCCCn2ccnn2)ccc1OCc1ccc(-c2cccc(OC(F)(F)F)c2)nc1C. The summed E-state index contributed by atoms with van der Waals surface area (Å²) < 4.78 is 49.5. The average molecular weight is 497 g/mol. The van der Waals surface area contributed by atoms with E-state index in [1.54, 1.807) is 18.3 Å². The molecule has 0 spiro atoms. The van der Waals surface area contributed by atoms with Gasteiger partial charge in [0.05, 0.1) is 11.9 Å². The summed E-state index contributed by atoms with van der Waals surface area (Å²) in [5.74, 6) is 0.530. The number of halogens is 3. The van der Waals surface area contributed by atoms with Crippen LogP contribution in [0, 0.1) is 13.8 Å². The molecule has 0 aliphatic heterocycles. The Kier molecular flexibility index (Phi) is 7.87. The van der Waals surface area contributed by atoms with Gasteiger partial charge >= 0.3 is 6.36 Å². The number of unbranched alkanes of at least 4 members (excludes halogenated alkanes) is 1. The Hall–Kier alpha value is -3.88. The molecule has 9 heteroatoms. The van der Waals surface area contributed by atoms with Crippen molar-refractivity contribution in [2.45, 2.75) is 52.6 Å². The quantitative estimate of drug-likeness (QED) is 0.236. The standard InChI is InChI=1S/C27H27F3N4O2/c1-19-16-21(6-3-4-14-34-15-13-31-33-34)9-12-26(19)35-18-23-10-11-25(32-20(23)2)22-7-5-8-24(17-22)36-27(28,29)30/h5,7-13,15-17H,3-4,6,14,18H2,1-2H3. The zero-order valence-electron chi connectivity index (χ0n) is 20.1. The molecule has 0 fully saturated rings. The number of benzene rings is 2. The normalized spacial score (nSPS) is 11.5. The van der Waals surface area contributed by atoms with Crippen LogP contribution in [0.5, 0.6) is 11.5 Å². The number of hydrogen-bond acceptors (Lipinski definition) is 5. The summed E-state index contributed by atoms with van der Waals surface area (Å²) in [7, 11) is 0. The number of aryl methyl sites for hydroxylation is 4. The van der Waals surface area contributed by atoms with E-state index in [0.717, 1.165) is 48.4 Å². The van der Waals surface area contributed by atoms with Crippen molar-refractivity contribution >= 4 is 0 Å². The highest BCUT2D eigenvalue weighted by Gasteiger charge is 2.31. The van der Waals surface area contributed by atoms with Gasteiger partial charge in [-0.05, 0) is 68.5 Å². The van der Waals surface area contributed by atoms with Crippen LogP contribution in [-0.4, -0.2) is 26.3 Å². The lowest BCUT2D eigenvalue weighted by Crippen LogP contribution is -2.17. The third-order valence-electron chi connectivity index (χ3n) is 5.76. The number of nitrogens with zero attached hydrogens (tertiary/aromatic N) is 4. The summed E-state index contributed by atoms with van der Waals surface area (Å²) in [5, 5.41) is 7.79. The van der Waals surface area contributed by atoms with Crippen LogP contribution in [0.4, 0.5) is 13.2 Å². The molecule has 0 saturated carbocycles. The average Bonchev–Trinajstić information content (AvgIpc) is 3.35. The summed E-state index contributed by atoms with van der Waals surface area (Å²) in [4.78, 5) is 4.56. The second kappa shape index (κ2) is 11.2. The molecule has 0 radical (unpaired) electrons. The summed E-state index contributed by atoms with van der Waals surface area (Å²) in [5.41, 5.74) is 5.08. The maximum absolute atomic E-state index is 12.5. The Labute approximate surface area is 207 Å². The zero-order chi connectivity index (χ0) is 25.5. The van der Waals surface area contributed by atoms with Crippen molar-refractivity contribution in [3.05, 3.63) is 89.4 Å². The second-order valence-electron chi connectivity index (χ2n) is 8.53. The van der Waals surface area contributed by atoms with Gasteiger partial charge in [-0.2, -0.15) is 0 Å². The summed E-state index contributed by atoms with van der Waals surface area (Å²) in [6.45, 7) is 5.08. The molecule has 6 nitrogen and oxygen atoms in total. The molecular weight excluding hydrogens is 469 g/mol. The molecule has 0 N–H and O–H groups in total. The monoisotopic (exact) mass is 496 g/mol. The van der Waals surface area contributed by atoms with Crippen LogP contribution >= 0.6 is 0 Å². The molecule has 2 aromatic carbocycles. The molecule has 2 heterocycles. The molecule has 2 aromatic heterocycles. The molecular formula is C27H27F3N4O2. The largest absolute Gasteiger partial charge is 0.573 e. The van der Waals surface area contributed by atoms with Gasteiger partial charge in [-0.25, -0.2) is 0 Å². The van der Waals surface area contributed by atoms with Crippen LogP contribution in [0.3, 0.4) is 0 Å². The van der Waals surface area contributed by atoms with Gasteiger partial charge in [0.2, 0.25) is 0 Å². The van der Waals surface area contributed by atoms with E-state index >= 15 is 0 Å². The van der Waals surface area contributed by atoms with Crippen LogP contribution in [0.15, 0.2) is 67.0 Å². The fourth-order valence-electron chi connectivity index (χ4n) is 3.90. The topological polar surface area (TPSA) is 62.1 Å². The number of aromatic nitrogens is 4. The second-order valence-corrected chi connectivity index (χ2v) is 8.53. The Balaban J connectivity index is 1.33. The highest BCUT2D eigenvalue weighted by atomic mass is 19.4. The van der Waals surface area contributed by atoms with Gasteiger partial charge < -0.3 is 9.47 Å². The lowest BCUT2D eigenvalue weighted by atomic mass is 10.0. The van der Waals surface area contributed by atoms with E-state index in [2.05, 4.69) is 32.2 Å². The Morgan fingerprint density at radius 2 is 1.83 bits per heavy atom. The Morgan fingerprint density at radius 1 is 0.972 bits per heavy atom. The van der Waals surface area contributed by atoms with Crippen LogP contribution in [0.25, 0.3) is 11.3 Å². The van der Waals surface area contributed by atoms with Crippen LogP contribution in [0.1, 0.15) is 35.2 Å². The highest BCUT2D eigenvalue weighted by molar-refractivity contribution is 5.61. The first-order chi connectivity index (χ1) is 17.3. The Morgan fingerprint density at radius 3 is 2.56 bits per heavy atom. The zero-order valence-corrected chi connectivity index (χ0v) is 20.1. The van der Waals surface area contributed by atoms with E-state index in [4.69, 9.17) is 4.74 Å². The molecule has 0 amide bonds. The molecule has 0 atom stereocenters. The summed E-state index contributed by atoms with van der Waals surface area (Å²) in [6, 6.07) is 15.7. The third kappa shape index (κ3) is 7.07. The van der Waals surface area contributed by atoms with Crippen molar-refractivity contribution in [2.75, 3.05) is 0 Å². The maximum atomic E-state index is 12.5. The third-order valence-corrected chi connectivity index (χ3v) is 5.76. The van der Waals surface area contributed by atoms with Gasteiger partial charge in [0.15, 0.2) is 0 Å². The van der Waals surface area contributed by atoms with Crippen LogP contribution < -0.4 is 9.47 Å². The number of rotatable bonds is 10. The molecule has 0 aliphatic rings. The predicted molar refractivity (Wildman–Crippen MR) is 130 cm³/mol. The number of pyridine rings is 1. The van der Waals surface area contributed by atoms with Gasteiger partial charge in [0.25, 0.3) is 0 Å². The Bertz CT molecular complexity index is 1290. The molecule has 0 saturated heterocycles. The smallest absolute Gasteiger partial charge is 0.489 e.